The van der Waals surface area contributed by atoms with Gasteiger partial charge >= 0.3 is 0 Å². The third kappa shape index (κ3) is 5.07. The Kier molecular flexibility index (Phi) is 7.64. The van der Waals surface area contributed by atoms with E-state index in [1.165, 1.54) is 0 Å². The Hall–Kier alpha value is -5.84. The van der Waals surface area contributed by atoms with E-state index in [4.69, 9.17) is 20.3 Å². The molecule has 8 rings (SSSR count). The quantitative estimate of drug-likeness (QED) is 0.116. The summed E-state index contributed by atoms with van der Waals surface area (Å²) in [5.74, 6) is 0. The summed E-state index contributed by atoms with van der Waals surface area (Å²) in [4.78, 5) is 9.55. The van der Waals surface area contributed by atoms with Gasteiger partial charge in [0.25, 0.3) is 0 Å². The van der Waals surface area contributed by atoms with Crippen LogP contribution in [0.4, 0.5) is 0 Å². The first-order valence-electron chi connectivity index (χ1n) is 16.1. The molecule has 232 valence electrons. The number of hydrogen-bond acceptors (Lipinski definition) is 5. The second-order valence-electron chi connectivity index (χ2n) is 12.0. The van der Waals surface area contributed by atoms with Crippen molar-refractivity contribution in [3.05, 3.63) is 167 Å². The molecule has 0 unspecified atom stereocenters. The summed E-state index contributed by atoms with van der Waals surface area (Å²) >= 11 is 1.70. The molecule has 4 heterocycles. The summed E-state index contributed by atoms with van der Waals surface area (Å²) in [6, 6.07) is 44.8. The second-order valence-corrected chi connectivity index (χ2v) is 13.1. The molecule has 4 aromatic carbocycles. The highest BCUT2D eigenvalue weighted by Gasteiger charge is 2.39. The fourth-order valence-electron chi connectivity index (χ4n) is 6.76. The predicted octanol–water partition coefficient (Wildman–Crippen LogP) is 9.47. The minimum Gasteiger partial charge on any atom is -0.299 e. The smallest absolute Gasteiger partial charge is 0.138 e. The average Bonchev–Trinajstić information content (AvgIpc) is 3.86. The maximum Gasteiger partial charge on any atom is 0.138 e. The van der Waals surface area contributed by atoms with E-state index in [9.17, 15) is 0 Å². The second kappa shape index (κ2) is 12.4. The molecular weight excluding hydrogens is 609 g/mol. The van der Waals surface area contributed by atoms with Gasteiger partial charge in [0, 0.05) is 41.9 Å². The lowest BCUT2D eigenvalue weighted by atomic mass is 9.77. The van der Waals surface area contributed by atoms with E-state index in [1.54, 1.807) is 11.3 Å². The van der Waals surface area contributed by atoms with Gasteiger partial charge in [0.1, 0.15) is 11.2 Å². The van der Waals surface area contributed by atoms with Gasteiger partial charge < -0.3 is 0 Å². The van der Waals surface area contributed by atoms with Gasteiger partial charge in [0.15, 0.2) is 0 Å². The van der Waals surface area contributed by atoms with Crippen LogP contribution in [0.25, 0.3) is 38.2 Å². The van der Waals surface area contributed by atoms with E-state index >= 15 is 0 Å². The van der Waals surface area contributed by atoms with Crippen LogP contribution in [0, 0.1) is 18.3 Å². The number of hydrogen-bond donors (Lipinski definition) is 0. The van der Waals surface area contributed by atoms with Crippen LogP contribution >= 0.6 is 11.3 Å². The molecule has 0 aliphatic rings. The number of nitriles is 1. The number of aryl methyl sites for hydroxylation is 2. The molecule has 0 spiro atoms. The van der Waals surface area contributed by atoms with Gasteiger partial charge in [-0.05, 0) is 54.3 Å². The van der Waals surface area contributed by atoms with E-state index in [2.05, 4.69) is 156 Å². The molecular formula is C41H32N6S. The minimum atomic E-state index is -0.686. The zero-order valence-electron chi connectivity index (χ0n) is 26.5. The van der Waals surface area contributed by atoms with Crippen LogP contribution in [0.3, 0.4) is 0 Å². The van der Waals surface area contributed by atoms with Crippen LogP contribution in [0.5, 0.6) is 0 Å². The number of unbranched alkanes of at least 4 members (excludes halogenated alkanes) is 1. The highest BCUT2D eigenvalue weighted by Crippen LogP contribution is 2.42. The van der Waals surface area contributed by atoms with Crippen molar-refractivity contribution in [3.63, 3.8) is 0 Å². The van der Waals surface area contributed by atoms with Crippen molar-refractivity contribution < 1.29 is 0 Å². The van der Waals surface area contributed by atoms with E-state index in [0.717, 1.165) is 78.5 Å². The van der Waals surface area contributed by atoms with E-state index in [0.29, 0.717) is 6.42 Å². The summed E-state index contributed by atoms with van der Waals surface area (Å²) in [5, 5.41) is 15.3. The summed E-state index contributed by atoms with van der Waals surface area (Å²) in [7, 11) is 0. The fourth-order valence-corrected chi connectivity index (χ4v) is 7.81. The molecule has 6 nitrogen and oxygen atoms in total. The molecule has 48 heavy (non-hydrogen) atoms. The number of rotatable bonds is 9. The van der Waals surface area contributed by atoms with Crippen molar-refractivity contribution in [1.29, 1.82) is 5.26 Å². The predicted molar refractivity (Wildman–Crippen MR) is 193 cm³/mol. The van der Waals surface area contributed by atoms with Crippen molar-refractivity contribution in [2.75, 3.05) is 0 Å². The van der Waals surface area contributed by atoms with Crippen LogP contribution in [-0.4, -0.2) is 24.1 Å². The zero-order valence-corrected chi connectivity index (χ0v) is 27.3. The van der Waals surface area contributed by atoms with E-state index in [1.807, 2.05) is 6.20 Å². The van der Waals surface area contributed by atoms with Gasteiger partial charge in [-0.2, -0.15) is 10.4 Å². The summed E-state index contributed by atoms with van der Waals surface area (Å²) in [6.45, 7) is 2.09. The molecule has 0 amide bonds. The Morgan fingerprint density at radius 2 is 1.42 bits per heavy atom. The third-order valence-electron chi connectivity index (χ3n) is 9.04. The first-order chi connectivity index (χ1) is 23.6. The molecule has 0 saturated carbocycles. The first-order valence-corrected chi connectivity index (χ1v) is 16.9. The van der Waals surface area contributed by atoms with Gasteiger partial charge in [-0.1, -0.05) is 97.1 Å². The summed E-state index contributed by atoms with van der Waals surface area (Å²) in [6.07, 6.45) is 8.52. The normalized spacial score (nSPS) is 11.7. The van der Waals surface area contributed by atoms with Gasteiger partial charge in [0.2, 0.25) is 0 Å². The van der Waals surface area contributed by atoms with Crippen molar-refractivity contribution in [2.24, 2.45) is 0 Å². The molecule has 8 aromatic rings. The van der Waals surface area contributed by atoms with Crippen LogP contribution in [0.15, 0.2) is 140 Å². The van der Waals surface area contributed by atoms with E-state index < -0.39 is 5.54 Å². The van der Waals surface area contributed by atoms with Crippen LogP contribution in [0.1, 0.15) is 40.2 Å². The molecule has 0 N–H and O–H groups in total. The number of fused-ring (bicyclic) bond motifs is 2. The van der Waals surface area contributed by atoms with Crippen molar-refractivity contribution in [3.8, 4) is 28.5 Å². The highest BCUT2D eigenvalue weighted by molar-refractivity contribution is 7.18. The number of thiazole rings is 1. The molecule has 0 fully saturated rings. The molecule has 7 heteroatoms. The van der Waals surface area contributed by atoms with Gasteiger partial charge in [-0.15, -0.1) is 11.3 Å². The Bertz CT molecular complexity index is 2300. The lowest BCUT2D eigenvalue weighted by molar-refractivity contribution is 0.458. The maximum atomic E-state index is 8.92. The average molecular weight is 641 g/mol. The number of imidazole rings is 1. The molecule has 0 bridgehead atoms. The number of aromatic nitrogens is 5. The molecule has 0 aliphatic heterocycles. The number of nitrogens with zero attached hydrogens (tertiary/aromatic N) is 6. The van der Waals surface area contributed by atoms with E-state index in [-0.39, 0.29) is 0 Å². The molecule has 0 aliphatic carbocycles. The number of benzene rings is 4. The third-order valence-corrected chi connectivity index (χ3v) is 10.1. The SMILES string of the molecule is Cc1nn(C(c2ccccc2)(c2ccccc2)c2ccccc2)cc1-c1ccc2ncc(-c3ccc4nc(CCCC#N)sc4c3)n2c1. The van der Waals surface area contributed by atoms with Crippen LogP contribution in [0.2, 0.25) is 0 Å². The zero-order chi connectivity index (χ0) is 32.5. The topological polar surface area (TPSA) is 71.8 Å². The monoisotopic (exact) mass is 640 g/mol. The molecule has 0 radical (unpaired) electrons. The van der Waals surface area contributed by atoms with Gasteiger partial charge in [-0.3, -0.25) is 9.08 Å². The maximum absolute atomic E-state index is 8.92. The van der Waals surface area contributed by atoms with Crippen molar-refractivity contribution >= 4 is 27.2 Å². The lowest BCUT2D eigenvalue weighted by Crippen LogP contribution is -2.38. The lowest BCUT2D eigenvalue weighted by Gasteiger charge is -2.36. The van der Waals surface area contributed by atoms with Crippen molar-refractivity contribution in [1.82, 2.24) is 24.1 Å². The van der Waals surface area contributed by atoms with Gasteiger partial charge in [-0.25, -0.2) is 9.97 Å². The standard InChI is InChI=1S/C41H32N6S/c1-29-35(28-47(45-29)41(32-13-5-2-6-14-32,33-15-7-3-8-16-33)34-17-9-4-10-18-34)31-21-23-39-43-26-37(46(39)27-31)30-20-22-36-38(25-30)48-40(44-36)19-11-12-24-42/h2-10,13-18,20-23,25-28H,11-12,19H2,1H3. The Morgan fingerprint density at radius 3 is 2.06 bits per heavy atom. The summed E-state index contributed by atoms with van der Waals surface area (Å²) < 4.78 is 5.45. The fraction of sp³-hybridized carbons (Fsp3) is 0.122. The van der Waals surface area contributed by atoms with Crippen LogP contribution < -0.4 is 0 Å². The van der Waals surface area contributed by atoms with Gasteiger partial charge in [0.05, 0.1) is 38.9 Å². The Morgan fingerprint density at radius 1 is 0.771 bits per heavy atom. The summed E-state index contributed by atoms with van der Waals surface area (Å²) in [5.41, 5.74) is 9.76. The van der Waals surface area contributed by atoms with Crippen LogP contribution in [-0.2, 0) is 12.0 Å². The first kappa shape index (κ1) is 29.6. The largest absolute Gasteiger partial charge is 0.299 e. The highest BCUT2D eigenvalue weighted by atomic mass is 32.1. The molecule has 0 atom stereocenters. The molecule has 0 saturated heterocycles. The number of pyridine rings is 1. The Labute approximate surface area is 283 Å². The van der Waals surface area contributed by atoms with Crippen molar-refractivity contribution in [2.45, 2.75) is 31.7 Å². The minimum absolute atomic E-state index is 0.551. The molecule has 4 aromatic heterocycles. The Balaban J connectivity index is 1.25.